The molecule has 0 spiro atoms. The van der Waals surface area contributed by atoms with Crippen molar-refractivity contribution in [1.29, 1.82) is 0 Å². The van der Waals surface area contributed by atoms with E-state index in [1.165, 1.54) is 30.5 Å². The van der Waals surface area contributed by atoms with Gasteiger partial charge in [-0.15, -0.1) is 0 Å². The Hall–Kier alpha value is -1.36. The van der Waals surface area contributed by atoms with Gasteiger partial charge in [0.1, 0.15) is 5.60 Å². The zero-order chi connectivity index (χ0) is 14.0. The maximum atomic E-state index is 12.2. The number of carbonyl (C=O) groups excluding carboxylic acids is 1. The number of aryl methyl sites for hydroxylation is 1. The van der Waals surface area contributed by atoms with Crippen LogP contribution in [0.4, 0.5) is 0 Å². The van der Waals surface area contributed by atoms with E-state index >= 15 is 0 Å². The first-order valence-electron chi connectivity index (χ1n) is 7.66. The summed E-state index contributed by atoms with van der Waals surface area (Å²) in [4.78, 5) is 12.2. The van der Waals surface area contributed by atoms with E-state index < -0.39 is 5.60 Å². The zero-order valence-electron chi connectivity index (χ0n) is 12.1. The fourth-order valence-corrected chi connectivity index (χ4v) is 3.18. The number of hydrogen-bond acceptors (Lipinski definition) is 3. The van der Waals surface area contributed by atoms with Gasteiger partial charge in [-0.3, -0.25) is 9.89 Å². The summed E-state index contributed by atoms with van der Waals surface area (Å²) in [5.41, 5.74) is 2.93. The van der Waals surface area contributed by atoms with Crippen LogP contribution in [0.3, 0.4) is 0 Å². The van der Waals surface area contributed by atoms with Gasteiger partial charge in [0.2, 0.25) is 0 Å². The highest BCUT2D eigenvalue weighted by Gasteiger charge is 2.37. The third-order valence-electron chi connectivity index (χ3n) is 4.51. The molecule has 2 N–H and O–H groups in total. The fourth-order valence-electron chi connectivity index (χ4n) is 3.18. The van der Waals surface area contributed by atoms with Crippen molar-refractivity contribution >= 4 is 5.91 Å². The van der Waals surface area contributed by atoms with Crippen molar-refractivity contribution in [1.82, 2.24) is 15.5 Å². The molecule has 5 heteroatoms. The molecule has 1 amide bonds. The summed E-state index contributed by atoms with van der Waals surface area (Å²) in [6.45, 7) is 3.06. The van der Waals surface area contributed by atoms with Crippen molar-refractivity contribution in [2.45, 2.75) is 64.0 Å². The molecular formula is C15H23N3O2. The molecule has 0 radical (unpaired) electrons. The van der Waals surface area contributed by atoms with Crippen LogP contribution < -0.4 is 5.32 Å². The second-order valence-corrected chi connectivity index (χ2v) is 6.05. The maximum Gasteiger partial charge on any atom is 0.252 e. The van der Waals surface area contributed by atoms with Crippen LogP contribution in [-0.2, 0) is 28.9 Å². The molecule has 1 aromatic rings. The van der Waals surface area contributed by atoms with E-state index in [1.807, 2.05) is 6.92 Å². The molecular weight excluding hydrogens is 254 g/mol. The number of amides is 1. The Kier molecular flexibility index (Phi) is 3.78. The summed E-state index contributed by atoms with van der Waals surface area (Å²) in [5, 5.41) is 10.5. The third kappa shape index (κ3) is 2.59. The first-order chi connectivity index (χ1) is 9.69. The molecule has 5 nitrogen and oxygen atoms in total. The summed E-state index contributed by atoms with van der Waals surface area (Å²) < 4.78 is 5.56. The standard InChI is InChI=1S/C15H23N3O2/c1-15(8-5-9-20-15)14(19)16-10-13-11-6-3-2-4-7-12(11)17-18-13/h2-10H2,1H3,(H,16,19)(H,17,18)/t15-/m1/s1. The van der Waals surface area contributed by atoms with Gasteiger partial charge in [0.15, 0.2) is 0 Å². The lowest BCUT2D eigenvalue weighted by Crippen LogP contribution is -2.43. The molecule has 1 aliphatic carbocycles. The first-order valence-corrected chi connectivity index (χ1v) is 7.66. The zero-order valence-corrected chi connectivity index (χ0v) is 12.1. The molecule has 2 heterocycles. The van der Waals surface area contributed by atoms with Gasteiger partial charge in [-0.1, -0.05) is 6.42 Å². The number of aromatic nitrogens is 2. The topological polar surface area (TPSA) is 67.0 Å². The molecule has 2 aliphatic rings. The molecule has 1 saturated heterocycles. The van der Waals surface area contributed by atoms with Crippen molar-refractivity contribution < 1.29 is 9.53 Å². The number of nitrogens with one attached hydrogen (secondary N) is 2. The van der Waals surface area contributed by atoms with E-state index in [0.717, 1.165) is 31.4 Å². The molecule has 1 aromatic heterocycles. The molecule has 0 bridgehead atoms. The molecule has 1 aliphatic heterocycles. The van der Waals surface area contributed by atoms with E-state index in [9.17, 15) is 4.79 Å². The quantitative estimate of drug-likeness (QED) is 0.829. The van der Waals surface area contributed by atoms with Crippen LogP contribution in [0.15, 0.2) is 0 Å². The van der Waals surface area contributed by atoms with E-state index in [1.54, 1.807) is 0 Å². The van der Waals surface area contributed by atoms with Crippen molar-refractivity contribution in [3.63, 3.8) is 0 Å². The van der Waals surface area contributed by atoms with Gasteiger partial charge in [-0.05, 0) is 51.0 Å². The second-order valence-electron chi connectivity index (χ2n) is 6.05. The highest BCUT2D eigenvalue weighted by Crippen LogP contribution is 2.26. The third-order valence-corrected chi connectivity index (χ3v) is 4.51. The van der Waals surface area contributed by atoms with E-state index in [4.69, 9.17) is 4.74 Å². The molecule has 0 aromatic carbocycles. The minimum atomic E-state index is -0.646. The molecule has 0 unspecified atom stereocenters. The Balaban J connectivity index is 1.64. The van der Waals surface area contributed by atoms with Gasteiger partial charge in [-0.2, -0.15) is 5.10 Å². The van der Waals surface area contributed by atoms with Crippen molar-refractivity contribution in [3.05, 3.63) is 17.0 Å². The number of fused-ring (bicyclic) bond motifs is 1. The van der Waals surface area contributed by atoms with E-state index in [2.05, 4.69) is 15.5 Å². The molecule has 0 saturated carbocycles. The summed E-state index contributed by atoms with van der Waals surface area (Å²) in [6.07, 6.45) is 7.64. The second kappa shape index (κ2) is 5.56. The predicted octanol–water partition coefficient (Wildman–Crippen LogP) is 1.86. The fraction of sp³-hybridized carbons (Fsp3) is 0.733. The monoisotopic (exact) mass is 277 g/mol. The summed E-state index contributed by atoms with van der Waals surface area (Å²) in [6, 6.07) is 0. The highest BCUT2D eigenvalue weighted by atomic mass is 16.5. The first kappa shape index (κ1) is 13.6. The van der Waals surface area contributed by atoms with Crippen LogP contribution in [0, 0.1) is 0 Å². The van der Waals surface area contributed by atoms with Gasteiger partial charge in [0.05, 0.1) is 12.2 Å². The van der Waals surface area contributed by atoms with Crippen LogP contribution >= 0.6 is 0 Å². The lowest BCUT2D eigenvalue weighted by Gasteiger charge is -2.21. The minimum Gasteiger partial charge on any atom is -0.365 e. The van der Waals surface area contributed by atoms with Crippen LogP contribution in [0.2, 0.25) is 0 Å². The lowest BCUT2D eigenvalue weighted by atomic mass is 10.0. The van der Waals surface area contributed by atoms with Crippen LogP contribution in [-0.4, -0.2) is 28.3 Å². The average molecular weight is 277 g/mol. The number of aromatic amines is 1. The molecule has 3 rings (SSSR count). The predicted molar refractivity (Wildman–Crippen MR) is 75.3 cm³/mol. The van der Waals surface area contributed by atoms with Gasteiger partial charge in [0, 0.05) is 12.3 Å². The van der Waals surface area contributed by atoms with E-state index in [-0.39, 0.29) is 5.91 Å². The van der Waals surface area contributed by atoms with Crippen LogP contribution in [0.1, 0.15) is 56.0 Å². The molecule has 20 heavy (non-hydrogen) atoms. The van der Waals surface area contributed by atoms with Gasteiger partial charge >= 0.3 is 0 Å². The molecule has 1 atom stereocenters. The number of hydrogen-bond donors (Lipinski definition) is 2. The van der Waals surface area contributed by atoms with Crippen molar-refractivity contribution in [2.24, 2.45) is 0 Å². The summed E-state index contributed by atoms with van der Waals surface area (Å²) in [5.74, 6) is -0.0135. The Labute approximate surface area is 119 Å². The van der Waals surface area contributed by atoms with Crippen LogP contribution in [0.5, 0.6) is 0 Å². The Morgan fingerprint density at radius 1 is 1.35 bits per heavy atom. The average Bonchev–Trinajstić information content (AvgIpc) is 2.97. The Morgan fingerprint density at radius 3 is 3.00 bits per heavy atom. The normalized spacial score (nSPS) is 26.1. The van der Waals surface area contributed by atoms with E-state index in [0.29, 0.717) is 13.2 Å². The Bertz CT molecular complexity index is 489. The SMILES string of the molecule is C[C@]1(C(=O)NCc2n[nH]c3c2CCCCC3)CCCO1. The Morgan fingerprint density at radius 2 is 2.20 bits per heavy atom. The summed E-state index contributed by atoms with van der Waals surface area (Å²) in [7, 11) is 0. The smallest absolute Gasteiger partial charge is 0.252 e. The van der Waals surface area contributed by atoms with Crippen LogP contribution in [0.25, 0.3) is 0 Å². The minimum absolute atomic E-state index is 0.0135. The highest BCUT2D eigenvalue weighted by molar-refractivity contribution is 5.84. The number of rotatable bonds is 3. The number of H-pyrrole nitrogens is 1. The van der Waals surface area contributed by atoms with Gasteiger partial charge in [0.25, 0.3) is 5.91 Å². The lowest BCUT2D eigenvalue weighted by molar-refractivity contribution is -0.139. The molecule has 110 valence electrons. The van der Waals surface area contributed by atoms with Crippen molar-refractivity contribution in [2.75, 3.05) is 6.61 Å². The number of nitrogens with zero attached hydrogens (tertiary/aromatic N) is 1. The largest absolute Gasteiger partial charge is 0.365 e. The van der Waals surface area contributed by atoms with Gasteiger partial charge < -0.3 is 10.1 Å². The maximum absolute atomic E-state index is 12.2. The molecule has 1 fully saturated rings. The number of ether oxygens (including phenoxy) is 1. The number of carbonyl (C=O) groups is 1. The van der Waals surface area contributed by atoms with Gasteiger partial charge in [-0.25, -0.2) is 0 Å². The summed E-state index contributed by atoms with van der Waals surface area (Å²) >= 11 is 0. The van der Waals surface area contributed by atoms with Crippen molar-refractivity contribution in [3.8, 4) is 0 Å².